The number of halogens is 4. The van der Waals surface area contributed by atoms with E-state index in [-0.39, 0.29) is 11.9 Å². The van der Waals surface area contributed by atoms with Gasteiger partial charge in [0.15, 0.2) is 11.4 Å². The summed E-state index contributed by atoms with van der Waals surface area (Å²) in [4.78, 5) is 29.8. The van der Waals surface area contributed by atoms with Gasteiger partial charge in [-0.2, -0.15) is 17.7 Å². The monoisotopic (exact) mass is 470 g/mol. The van der Waals surface area contributed by atoms with Crippen molar-refractivity contribution in [2.24, 2.45) is 0 Å². The minimum atomic E-state index is -5.19. The van der Waals surface area contributed by atoms with Crippen molar-refractivity contribution in [2.45, 2.75) is 12.6 Å². The van der Waals surface area contributed by atoms with Gasteiger partial charge in [0.2, 0.25) is 17.7 Å². The van der Waals surface area contributed by atoms with Gasteiger partial charge in [0, 0.05) is 10.4 Å². The van der Waals surface area contributed by atoms with Crippen LogP contribution in [0.4, 0.5) is 19.1 Å². The Kier molecular flexibility index (Phi) is 6.60. The molecule has 14 heteroatoms. The molecule has 0 saturated heterocycles. The fourth-order valence-corrected chi connectivity index (χ4v) is 2.69. The van der Waals surface area contributed by atoms with Gasteiger partial charge in [-0.3, -0.25) is 10.1 Å². The molecule has 168 valence electrons. The van der Waals surface area contributed by atoms with Crippen LogP contribution in [0.25, 0.3) is 28.1 Å². The highest BCUT2D eigenvalue weighted by Crippen LogP contribution is 2.26. The number of carboxylic acid groups (broad SMARTS) is 1. The van der Waals surface area contributed by atoms with Gasteiger partial charge in [0.05, 0.1) is 24.7 Å². The lowest BCUT2D eigenvalue weighted by atomic mass is 10.2. The average Bonchev–Trinajstić information content (AvgIpc) is 3.38. The number of furan rings is 1. The standard InChI is InChI=1S/C16H13ClN6O2.C2HF3O2/c17-9-3-4-11-10(8-9)15-21-14(12-2-1-7-25-12)22-23(15)16(19-11)20-13(24)5-6-18;3-2(4,5)1(6)7/h1-4,7-8H,5-6,18H2,(H,19,20,24);(H,6,7). The number of quaternary nitrogens is 1. The molecule has 32 heavy (non-hydrogen) atoms. The van der Waals surface area contributed by atoms with Crippen molar-refractivity contribution in [2.75, 3.05) is 11.9 Å². The predicted molar refractivity (Wildman–Crippen MR) is 103 cm³/mol. The second-order valence-corrected chi connectivity index (χ2v) is 6.62. The summed E-state index contributed by atoms with van der Waals surface area (Å²) >= 11 is 6.11. The second kappa shape index (κ2) is 9.20. The molecule has 0 bridgehead atoms. The first-order chi connectivity index (χ1) is 15.1. The van der Waals surface area contributed by atoms with Gasteiger partial charge in [-0.15, -0.1) is 5.10 Å². The lowest BCUT2D eigenvalue weighted by Gasteiger charge is -2.07. The molecule has 0 aliphatic carbocycles. The van der Waals surface area contributed by atoms with Gasteiger partial charge < -0.3 is 20.1 Å². The number of carbonyl (C=O) groups excluding carboxylic acids is 2. The Bertz CT molecular complexity index is 1270. The van der Waals surface area contributed by atoms with Crippen molar-refractivity contribution in [3.05, 3.63) is 41.6 Å². The molecule has 4 N–H and O–H groups in total. The van der Waals surface area contributed by atoms with E-state index in [1.807, 2.05) is 0 Å². The van der Waals surface area contributed by atoms with E-state index in [4.69, 9.17) is 25.9 Å². The van der Waals surface area contributed by atoms with Crippen LogP contribution >= 0.6 is 11.6 Å². The van der Waals surface area contributed by atoms with Crippen LogP contribution in [0.15, 0.2) is 41.0 Å². The highest BCUT2D eigenvalue weighted by molar-refractivity contribution is 6.31. The van der Waals surface area contributed by atoms with E-state index in [0.29, 0.717) is 40.7 Å². The Morgan fingerprint density at radius 2 is 1.97 bits per heavy atom. The van der Waals surface area contributed by atoms with E-state index in [1.165, 1.54) is 4.52 Å². The number of nitrogens with zero attached hydrogens (tertiary/aromatic N) is 4. The smallest absolute Gasteiger partial charge is 0.430 e. The predicted octanol–water partition coefficient (Wildman–Crippen LogP) is 1.06. The normalized spacial score (nSPS) is 11.3. The summed E-state index contributed by atoms with van der Waals surface area (Å²) < 4.78 is 38.4. The number of benzene rings is 1. The summed E-state index contributed by atoms with van der Waals surface area (Å²) in [5, 5.41) is 17.3. The maximum Gasteiger partial charge on any atom is 0.430 e. The number of fused-ring (bicyclic) bond motifs is 3. The molecule has 3 heterocycles. The topological polar surface area (TPSA) is 153 Å². The minimum Gasteiger partial charge on any atom is -0.542 e. The van der Waals surface area contributed by atoms with Crippen molar-refractivity contribution in [3.8, 4) is 11.6 Å². The van der Waals surface area contributed by atoms with Gasteiger partial charge in [-0.1, -0.05) is 11.6 Å². The fourth-order valence-electron chi connectivity index (χ4n) is 2.52. The first kappa shape index (κ1) is 23.0. The number of hydrogen-bond acceptors (Lipinski definition) is 7. The van der Waals surface area contributed by atoms with E-state index in [9.17, 15) is 18.0 Å². The molecule has 4 aromatic rings. The van der Waals surface area contributed by atoms with Crippen molar-refractivity contribution in [1.82, 2.24) is 19.6 Å². The Morgan fingerprint density at radius 3 is 2.56 bits per heavy atom. The highest BCUT2D eigenvalue weighted by Gasteiger charge is 2.28. The van der Waals surface area contributed by atoms with Crippen molar-refractivity contribution in [1.29, 1.82) is 0 Å². The second-order valence-electron chi connectivity index (χ2n) is 6.18. The zero-order chi connectivity index (χ0) is 23.5. The zero-order valence-corrected chi connectivity index (χ0v) is 16.8. The molecule has 0 unspecified atom stereocenters. The van der Waals surface area contributed by atoms with Crippen LogP contribution in [0.5, 0.6) is 0 Å². The molecule has 1 aromatic carbocycles. The molecule has 0 aliphatic rings. The number of carboxylic acids is 1. The maximum absolute atomic E-state index is 12.0. The molecule has 3 aromatic heterocycles. The van der Waals surface area contributed by atoms with Crippen LogP contribution in [0.2, 0.25) is 5.02 Å². The Balaban J connectivity index is 0.000000360. The molecule has 0 spiro atoms. The number of carbonyl (C=O) groups is 2. The first-order valence-electron chi connectivity index (χ1n) is 8.87. The Hall–Kier alpha value is -3.71. The van der Waals surface area contributed by atoms with Crippen molar-refractivity contribution in [3.63, 3.8) is 0 Å². The van der Waals surface area contributed by atoms with Crippen LogP contribution in [-0.2, 0) is 9.59 Å². The molecule has 0 saturated carbocycles. The molecule has 0 fully saturated rings. The van der Waals surface area contributed by atoms with Gasteiger partial charge in [0.25, 0.3) is 0 Å². The third kappa shape index (κ3) is 5.12. The number of anilines is 1. The average molecular weight is 471 g/mol. The van der Waals surface area contributed by atoms with Crippen LogP contribution in [0.3, 0.4) is 0 Å². The summed E-state index contributed by atoms with van der Waals surface area (Å²) in [5.74, 6) is -1.99. The molecule has 1 amide bonds. The Morgan fingerprint density at radius 1 is 1.25 bits per heavy atom. The molecule has 0 atom stereocenters. The summed E-state index contributed by atoms with van der Waals surface area (Å²) in [5.41, 5.74) is 4.87. The summed E-state index contributed by atoms with van der Waals surface area (Å²) in [6.07, 6.45) is -3.35. The number of hydrogen-bond donors (Lipinski definition) is 2. The number of amides is 1. The third-order valence-corrected chi connectivity index (χ3v) is 4.10. The summed E-state index contributed by atoms with van der Waals surface area (Å²) in [6, 6.07) is 8.79. The molecular weight excluding hydrogens is 457 g/mol. The van der Waals surface area contributed by atoms with Gasteiger partial charge >= 0.3 is 6.18 Å². The largest absolute Gasteiger partial charge is 0.542 e. The maximum atomic E-state index is 12.0. The minimum absolute atomic E-state index is 0.188. The van der Waals surface area contributed by atoms with Gasteiger partial charge in [-0.05, 0) is 30.3 Å². The van der Waals surface area contributed by atoms with Crippen molar-refractivity contribution >= 4 is 46.0 Å². The van der Waals surface area contributed by atoms with Crippen molar-refractivity contribution < 1.29 is 38.0 Å². The Labute approximate surface area is 181 Å². The number of alkyl halides is 3. The molecular formula is C18H14ClF3N6O4. The van der Waals surface area contributed by atoms with E-state index < -0.39 is 12.1 Å². The first-order valence-corrected chi connectivity index (χ1v) is 9.25. The van der Waals surface area contributed by atoms with Crippen LogP contribution in [-0.4, -0.2) is 44.2 Å². The fraction of sp³-hybridized carbons (Fsp3) is 0.167. The lowest BCUT2D eigenvalue weighted by Crippen LogP contribution is -2.51. The molecule has 0 radical (unpaired) electrons. The third-order valence-electron chi connectivity index (χ3n) is 3.86. The number of nitrogens with one attached hydrogen (secondary N) is 1. The molecule has 4 rings (SSSR count). The van der Waals surface area contributed by atoms with E-state index >= 15 is 0 Å². The SMILES string of the molecule is O=C([O-])C(F)(F)F.[NH3+]CCC(=O)Nc1nc2ccc(Cl)cc2c2nc(-c3ccco3)nn12. The van der Waals surface area contributed by atoms with Gasteiger partial charge in [-0.25, -0.2) is 9.97 Å². The summed E-state index contributed by atoms with van der Waals surface area (Å²) in [7, 11) is 0. The molecule has 10 nitrogen and oxygen atoms in total. The number of aromatic nitrogens is 4. The molecule has 0 aliphatic heterocycles. The van der Waals surface area contributed by atoms with E-state index in [1.54, 1.807) is 36.6 Å². The zero-order valence-electron chi connectivity index (χ0n) is 16.0. The lowest BCUT2D eigenvalue weighted by molar-refractivity contribution is -0.365. The van der Waals surface area contributed by atoms with Gasteiger partial charge in [0.1, 0.15) is 5.97 Å². The number of aliphatic carboxylic acids is 1. The van der Waals surface area contributed by atoms with E-state index in [0.717, 1.165) is 5.39 Å². The van der Waals surface area contributed by atoms with E-state index in [2.05, 4.69) is 26.1 Å². The van der Waals surface area contributed by atoms with Crippen LogP contribution in [0.1, 0.15) is 6.42 Å². The number of rotatable bonds is 4. The quantitative estimate of drug-likeness (QED) is 0.452. The summed E-state index contributed by atoms with van der Waals surface area (Å²) in [6.45, 7) is 0.493. The van der Waals surface area contributed by atoms with Crippen LogP contribution < -0.4 is 16.2 Å². The highest BCUT2D eigenvalue weighted by atomic mass is 35.5. The van der Waals surface area contributed by atoms with Crippen LogP contribution in [0, 0.1) is 0 Å².